The van der Waals surface area contributed by atoms with E-state index in [4.69, 9.17) is 11.6 Å². The summed E-state index contributed by atoms with van der Waals surface area (Å²) < 4.78 is 13.3. The molecule has 0 heterocycles. The van der Waals surface area contributed by atoms with Crippen LogP contribution >= 0.6 is 11.6 Å². The van der Waals surface area contributed by atoms with Crippen molar-refractivity contribution in [2.24, 2.45) is 11.3 Å². The fraction of sp³-hybridized carbons (Fsp3) is 0.625. The number of benzene rings is 1. The third-order valence-corrected chi connectivity index (χ3v) is 5.00. The Kier molecular flexibility index (Phi) is 4.01. The second-order valence-corrected chi connectivity index (χ2v) is 6.72. The highest BCUT2D eigenvalue weighted by atomic mass is 35.5. The fourth-order valence-corrected chi connectivity index (χ4v) is 3.74. The third-order valence-electron chi connectivity index (χ3n) is 4.44. The number of rotatable bonds is 2. The molecule has 1 aromatic carbocycles. The average Bonchev–Trinajstić information content (AvgIpc) is 2.31. The van der Waals surface area contributed by atoms with Crippen LogP contribution in [0.2, 0.25) is 0 Å². The molecule has 0 radical (unpaired) electrons. The maximum absolute atomic E-state index is 13.3. The van der Waals surface area contributed by atoms with Crippen LogP contribution in [0.5, 0.6) is 0 Å². The highest BCUT2D eigenvalue weighted by Gasteiger charge is 2.37. The van der Waals surface area contributed by atoms with Crippen LogP contribution in [0.1, 0.15) is 56.0 Å². The molecule has 0 nitrogen and oxygen atoms in total. The van der Waals surface area contributed by atoms with Gasteiger partial charge in [0.25, 0.3) is 0 Å². The summed E-state index contributed by atoms with van der Waals surface area (Å²) in [6.07, 6.45) is 4.98. The second kappa shape index (κ2) is 5.21. The van der Waals surface area contributed by atoms with Gasteiger partial charge >= 0.3 is 0 Å². The van der Waals surface area contributed by atoms with Gasteiger partial charge in [0, 0.05) is 0 Å². The predicted octanol–water partition coefficient (Wildman–Crippen LogP) is 5.63. The lowest BCUT2D eigenvalue weighted by atomic mass is 9.66. The van der Waals surface area contributed by atoms with E-state index in [0.29, 0.717) is 11.5 Å². The lowest BCUT2D eigenvalue weighted by molar-refractivity contribution is 0.133. The fourth-order valence-electron chi connectivity index (χ4n) is 3.14. The molecule has 0 aromatic heterocycles. The molecule has 1 saturated carbocycles. The number of hydrogen-bond donors (Lipinski definition) is 0. The van der Waals surface area contributed by atoms with Crippen molar-refractivity contribution in [3.63, 3.8) is 0 Å². The minimum atomic E-state index is -0.148. The summed E-state index contributed by atoms with van der Waals surface area (Å²) in [6.45, 7) is 6.42. The van der Waals surface area contributed by atoms with Gasteiger partial charge in [-0.1, -0.05) is 38.8 Å². The maximum atomic E-state index is 13.3. The van der Waals surface area contributed by atoms with Gasteiger partial charge < -0.3 is 0 Å². The van der Waals surface area contributed by atoms with Crippen molar-refractivity contribution in [3.8, 4) is 0 Å². The first-order chi connectivity index (χ1) is 8.42. The molecule has 2 rings (SSSR count). The molecular formula is C16H22ClF. The Labute approximate surface area is 115 Å². The molecule has 1 fully saturated rings. The first-order valence-electron chi connectivity index (χ1n) is 6.82. The second-order valence-electron chi connectivity index (χ2n) is 6.25. The Morgan fingerprint density at radius 3 is 2.67 bits per heavy atom. The molecular weight excluding hydrogens is 247 g/mol. The highest BCUT2D eigenvalue weighted by molar-refractivity contribution is 6.21. The first kappa shape index (κ1) is 13.9. The summed E-state index contributed by atoms with van der Waals surface area (Å²) in [5, 5.41) is -0.000370. The van der Waals surface area contributed by atoms with Crippen molar-refractivity contribution in [2.75, 3.05) is 0 Å². The van der Waals surface area contributed by atoms with Crippen molar-refractivity contribution in [1.82, 2.24) is 0 Å². The Balaban J connectivity index is 2.24. The molecule has 0 aliphatic heterocycles. The van der Waals surface area contributed by atoms with Gasteiger partial charge in [-0.2, -0.15) is 0 Å². The summed E-state index contributed by atoms with van der Waals surface area (Å²) in [5.41, 5.74) is 2.04. The van der Waals surface area contributed by atoms with E-state index in [1.807, 2.05) is 12.1 Å². The molecule has 0 amide bonds. The zero-order chi connectivity index (χ0) is 13.3. The lowest BCUT2D eigenvalue weighted by Gasteiger charge is -2.41. The van der Waals surface area contributed by atoms with E-state index in [9.17, 15) is 4.39 Å². The van der Waals surface area contributed by atoms with E-state index in [0.717, 1.165) is 5.56 Å². The van der Waals surface area contributed by atoms with Crippen molar-refractivity contribution in [2.45, 2.75) is 51.8 Å². The molecule has 0 N–H and O–H groups in total. The molecule has 18 heavy (non-hydrogen) atoms. The summed E-state index contributed by atoms with van der Waals surface area (Å²) in [4.78, 5) is 0. The van der Waals surface area contributed by atoms with E-state index in [1.54, 1.807) is 6.92 Å². The molecule has 0 saturated heterocycles. The van der Waals surface area contributed by atoms with Crippen LogP contribution in [0.4, 0.5) is 4.39 Å². The van der Waals surface area contributed by atoms with Crippen LogP contribution in [0.3, 0.4) is 0 Å². The van der Waals surface area contributed by atoms with E-state index in [2.05, 4.69) is 13.8 Å². The third kappa shape index (κ3) is 2.71. The van der Waals surface area contributed by atoms with Gasteiger partial charge in [-0.3, -0.25) is 0 Å². The van der Waals surface area contributed by atoms with Crippen LogP contribution in [0.25, 0.3) is 0 Å². The Hall–Kier alpha value is -0.560. The normalized spacial score (nSPS) is 24.8. The van der Waals surface area contributed by atoms with Crippen LogP contribution in [-0.4, -0.2) is 0 Å². The molecule has 1 aliphatic carbocycles. The van der Waals surface area contributed by atoms with Gasteiger partial charge in [-0.05, 0) is 48.3 Å². The van der Waals surface area contributed by atoms with Crippen LogP contribution in [-0.2, 0) is 0 Å². The molecule has 0 spiro atoms. The van der Waals surface area contributed by atoms with Crippen molar-refractivity contribution in [1.29, 1.82) is 0 Å². The SMILES string of the molecule is Cc1cc(C(Cl)C2CCCCC2(C)C)ccc1F. The number of halogens is 2. The first-order valence-corrected chi connectivity index (χ1v) is 7.25. The molecule has 100 valence electrons. The number of alkyl halides is 1. The lowest BCUT2D eigenvalue weighted by Crippen LogP contribution is -2.30. The molecule has 2 unspecified atom stereocenters. The topological polar surface area (TPSA) is 0 Å². The van der Waals surface area contributed by atoms with Gasteiger partial charge in [-0.15, -0.1) is 11.6 Å². The van der Waals surface area contributed by atoms with Gasteiger partial charge in [0.05, 0.1) is 5.38 Å². The monoisotopic (exact) mass is 268 g/mol. The van der Waals surface area contributed by atoms with Gasteiger partial charge in [-0.25, -0.2) is 4.39 Å². The maximum Gasteiger partial charge on any atom is 0.126 e. The van der Waals surface area contributed by atoms with Crippen LogP contribution in [0, 0.1) is 24.1 Å². The van der Waals surface area contributed by atoms with E-state index >= 15 is 0 Å². The molecule has 1 aliphatic rings. The quantitative estimate of drug-likeness (QED) is 0.610. The van der Waals surface area contributed by atoms with Crippen molar-refractivity contribution in [3.05, 3.63) is 35.1 Å². The minimum absolute atomic E-state index is 0.000370. The minimum Gasteiger partial charge on any atom is -0.207 e. The van der Waals surface area contributed by atoms with Crippen LogP contribution in [0.15, 0.2) is 18.2 Å². The average molecular weight is 269 g/mol. The zero-order valence-electron chi connectivity index (χ0n) is 11.5. The molecule has 0 bridgehead atoms. The van der Waals surface area contributed by atoms with Crippen molar-refractivity contribution >= 4 is 11.6 Å². The molecule has 1 aromatic rings. The van der Waals surface area contributed by atoms with Crippen molar-refractivity contribution < 1.29 is 4.39 Å². The standard InChI is InChI=1S/C16H22ClF/c1-11-10-12(7-8-14(11)18)15(17)13-6-4-5-9-16(13,2)3/h7-8,10,13,15H,4-6,9H2,1-3H3. The highest BCUT2D eigenvalue weighted by Crippen LogP contribution is 2.49. The largest absolute Gasteiger partial charge is 0.207 e. The summed E-state index contributed by atoms with van der Waals surface area (Å²) in [6, 6.07) is 5.28. The smallest absolute Gasteiger partial charge is 0.126 e. The van der Waals surface area contributed by atoms with E-state index in [1.165, 1.54) is 31.7 Å². The Morgan fingerprint density at radius 2 is 2.06 bits per heavy atom. The summed E-state index contributed by atoms with van der Waals surface area (Å²) >= 11 is 6.67. The summed E-state index contributed by atoms with van der Waals surface area (Å²) in [5.74, 6) is 0.336. The number of aryl methyl sites for hydroxylation is 1. The summed E-state index contributed by atoms with van der Waals surface area (Å²) in [7, 11) is 0. The molecule has 2 atom stereocenters. The molecule has 2 heteroatoms. The predicted molar refractivity (Wildman–Crippen MR) is 75.5 cm³/mol. The number of hydrogen-bond acceptors (Lipinski definition) is 0. The Morgan fingerprint density at radius 1 is 1.33 bits per heavy atom. The van der Waals surface area contributed by atoms with Gasteiger partial charge in [0.2, 0.25) is 0 Å². The van der Waals surface area contributed by atoms with Crippen LogP contribution < -0.4 is 0 Å². The van der Waals surface area contributed by atoms with E-state index in [-0.39, 0.29) is 16.6 Å². The van der Waals surface area contributed by atoms with E-state index < -0.39 is 0 Å². The zero-order valence-corrected chi connectivity index (χ0v) is 12.2. The van der Waals surface area contributed by atoms with Gasteiger partial charge in [0.15, 0.2) is 0 Å². The Bertz CT molecular complexity index is 425. The van der Waals surface area contributed by atoms with Gasteiger partial charge in [0.1, 0.15) is 5.82 Å².